The van der Waals surface area contributed by atoms with E-state index >= 15 is 0 Å². The van der Waals surface area contributed by atoms with E-state index < -0.39 is 5.91 Å². The van der Waals surface area contributed by atoms with Crippen LogP contribution in [0.3, 0.4) is 0 Å². The number of amides is 1. The van der Waals surface area contributed by atoms with Crippen molar-refractivity contribution < 1.29 is 9.90 Å². The Kier molecular flexibility index (Phi) is 5.88. The molecule has 2 aromatic heterocycles. The number of hydrogen-bond acceptors (Lipinski definition) is 6. The lowest BCUT2D eigenvalue weighted by Gasteiger charge is -2.10. The number of nitrogens with zero attached hydrogens (tertiary/aromatic N) is 7. The molecule has 5 aromatic rings. The van der Waals surface area contributed by atoms with Crippen molar-refractivity contribution in [3.63, 3.8) is 0 Å². The van der Waals surface area contributed by atoms with Gasteiger partial charge in [0.05, 0.1) is 12.1 Å². The van der Waals surface area contributed by atoms with E-state index in [1.54, 1.807) is 16.7 Å². The highest BCUT2D eigenvalue weighted by molar-refractivity contribution is 5.97. The lowest BCUT2D eigenvalue weighted by Crippen LogP contribution is -2.04. The van der Waals surface area contributed by atoms with Gasteiger partial charge in [-0.1, -0.05) is 60.7 Å². The molecular formula is C26H23N7O2. The summed E-state index contributed by atoms with van der Waals surface area (Å²) in [4.78, 5) is 14.2. The Morgan fingerprint density at radius 3 is 2.43 bits per heavy atom. The van der Waals surface area contributed by atoms with Gasteiger partial charge >= 0.3 is 0 Å². The number of tetrazole rings is 1. The van der Waals surface area contributed by atoms with Crippen molar-refractivity contribution in [1.29, 1.82) is 0 Å². The van der Waals surface area contributed by atoms with Gasteiger partial charge in [0, 0.05) is 22.6 Å². The number of para-hydroxylation sites is 1. The Morgan fingerprint density at radius 1 is 0.971 bits per heavy atom. The van der Waals surface area contributed by atoms with Crippen LogP contribution in [-0.4, -0.2) is 35.8 Å². The van der Waals surface area contributed by atoms with Gasteiger partial charge in [-0.15, -0.1) is 20.4 Å². The molecule has 174 valence electrons. The van der Waals surface area contributed by atoms with Crippen molar-refractivity contribution in [1.82, 2.24) is 24.8 Å². The third-order valence-corrected chi connectivity index (χ3v) is 5.63. The monoisotopic (exact) mass is 465 g/mol. The van der Waals surface area contributed by atoms with Gasteiger partial charge < -0.3 is 9.67 Å². The van der Waals surface area contributed by atoms with E-state index in [1.165, 1.54) is 4.80 Å². The summed E-state index contributed by atoms with van der Waals surface area (Å²) in [5, 5.41) is 32.0. The van der Waals surface area contributed by atoms with Gasteiger partial charge in [0.15, 0.2) is 5.69 Å². The Balaban J connectivity index is 1.31. The second-order valence-electron chi connectivity index (χ2n) is 8.36. The molecule has 0 saturated carbocycles. The molecule has 5 rings (SSSR count). The third kappa shape index (κ3) is 4.43. The molecule has 1 N–H and O–H groups in total. The summed E-state index contributed by atoms with van der Waals surface area (Å²) in [6.45, 7) is 4.35. The maximum atomic E-state index is 12.6. The summed E-state index contributed by atoms with van der Waals surface area (Å²) in [6.07, 6.45) is 0. The van der Waals surface area contributed by atoms with Crippen molar-refractivity contribution >= 4 is 22.5 Å². The van der Waals surface area contributed by atoms with Crippen LogP contribution in [-0.2, 0) is 6.54 Å². The molecule has 0 unspecified atom stereocenters. The topological polar surface area (TPSA) is 111 Å². The lowest BCUT2D eigenvalue weighted by atomic mass is 10.1. The summed E-state index contributed by atoms with van der Waals surface area (Å²) in [5.74, 6) is 0.0470. The second-order valence-corrected chi connectivity index (χ2v) is 8.36. The first-order valence-electron chi connectivity index (χ1n) is 11.2. The molecule has 0 radical (unpaired) electrons. The molecule has 9 nitrogen and oxygen atoms in total. The molecule has 0 spiro atoms. The molecule has 2 heterocycles. The SMILES string of the molecule is CC(C)n1c(O)c(N=NC(=O)c2ccc(Cn3nnc(-c4ccccc4)n3)cc2)c2ccccc21. The molecule has 1 amide bonds. The Hall–Kier alpha value is -4.66. The first-order valence-corrected chi connectivity index (χ1v) is 11.2. The molecule has 35 heavy (non-hydrogen) atoms. The van der Waals surface area contributed by atoms with E-state index in [9.17, 15) is 9.90 Å². The van der Waals surface area contributed by atoms with E-state index in [1.807, 2.05) is 80.6 Å². The zero-order chi connectivity index (χ0) is 24.4. The van der Waals surface area contributed by atoms with Crippen molar-refractivity contribution in [3.8, 4) is 17.3 Å². The van der Waals surface area contributed by atoms with Crippen molar-refractivity contribution in [2.45, 2.75) is 26.4 Å². The van der Waals surface area contributed by atoms with Crippen LogP contribution in [0.5, 0.6) is 5.88 Å². The number of carbonyl (C=O) groups is 1. The maximum absolute atomic E-state index is 12.6. The van der Waals surface area contributed by atoms with Crippen LogP contribution in [0.15, 0.2) is 89.1 Å². The van der Waals surface area contributed by atoms with Crippen molar-refractivity contribution in [2.24, 2.45) is 10.2 Å². The molecule has 0 aliphatic heterocycles. The predicted octanol–water partition coefficient (Wildman–Crippen LogP) is 5.55. The molecule has 0 bridgehead atoms. The zero-order valence-corrected chi connectivity index (χ0v) is 19.3. The first kappa shape index (κ1) is 22.1. The summed E-state index contributed by atoms with van der Waals surface area (Å²) in [6, 6.07) is 24.2. The minimum atomic E-state index is -0.498. The highest BCUT2D eigenvalue weighted by Crippen LogP contribution is 2.40. The van der Waals surface area contributed by atoms with Crippen LogP contribution in [0.25, 0.3) is 22.3 Å². The summed E-state index contributed by atoms with van der Waals surface area (Å²) in [5.41, 5.74) is 3.32. The molecule has 0 aliphatic carbocycles. The predicted molar refractivity (Wildman–Crippen MR) is 132 cm³/mol. The van der Waals surface area contributed by atoms with E-state index in [0.717, 1.165) is 22.0 Å². The number of aromatic nitrogens is 5. The van der Waals surface area contributed by atoms with Crippen LogP contribution in [0.4, 0.5) is 5.69 Å². The van der Waals surface area contributed by atoms with Gasteiger partial charge in [-0.25, -0.2) is 0 Å². The van der Waals surface area contributed by atoms with Crippen LogP contribution >= 0.6 is 0 Å². The standard InChI is InChI=1S/C26H23N7O2/c1-17(2)33-22-11-7-6-10-21(22)23(26(33)35)27-29-25(34)20-14-12-18(13-15-20)16-32-30-24(28-31-32)19-8-4-3-5-9-19/h3-15,17,35H,16H2,1-2H3. The fourth-order valence-electron chi connectivity index (χ4n) is 3.94. The van der Waals surface area contributed by atoms with Crippen molar-refractivity contribution in [2.75, 3.05) is 0 Å². The fraction of sp³-hybridized carbons (Fsp3) is 0.154. The van der Waals surface area contributed by atoms with Crippen molar-refractivity contribution in [3.05, 3.63) is 90.0 Å². The summed E-state index contributed by atoms with van der Waals surface area (Å²) < 4.78 is 1.77. The second kappa shape index (κ2) is 9.30. The van der Waals surface area contributed by atoms with Crippen LogP contribution < -0.4 is 0 Å². The minimum Gasteiger partial charge on any atom is -0.493 e. The van der Waals surface area contributed by atoms with Gasteiger partial charge in [-0.2, -0.15) is 4.80 Å². The Bertz CT molecular complexity index is 1520. The zero-order valence-electron chi connectivity index (χ0n) is 19.3. The third-order valence-electron chi connectivity index (χ3n) is 5.63. The summed E-state index contributed by atoms with van der Waals surface area (Å²) in [7, 11) is 0. The Morgan fingerprint density at radius 2 is 1.69 bits per heavy atom. The number of carbonyl (C=O) groups excluding carboxylic acids is 1. The van der Waals surface area contributed by atoms with Crippen LogP contribution in [0.1, 0.15) is 35.8 Å². The molecule has 0 saturated heterocycles. The van der Waals surface area contributed by atoms with E-state index in [2.05, 4.69) is 25.6 Å². The molecule has 9 heteroatoms. The smallest absolute Gasteiger partial charge is 0.295 e. The van der Waals surface area contributed by atoms with E-state index in [4.69, 9.17) is 0 Å². The highest BCUT2D eigenvalue weighted by atomic mass is 16.3. The average molecular weight is 466 g/mol. The van der Waals surface area contributed by atoms with Gasteiger partial charge in [-0.3, -0.25) is 4.79 Å². The molecular weight excluding hydrogens is 442 g/mol. The lowest BCUT2D eigenvalue weighted by molar-refractivity contribution is 0.0995. The number of benzene rings is 3. The largest absolute Gasteiger partial charge is 0.493 e. The number of azo groups is 1. The van der Waals surface area contributed by atoms with Gasteiger partial charge in [0.1, 0.15) is 0 Å². The van der Waals surface area contributed by atoms with Gasteiger partial charge in [-0.05, 0) is 42.8 Å². The fourth-order valence-corrected chi connectivity index (χ4v) is 3.94. The minimum absolute atomic E-state index is 0.0108. The molecule has 0 fully saturated rings. The van der Waals surface area contributed by atoms with Crippen LogP contribution in [0, 0.1) is 0 Å². The van der Waals surface area contributed by atoms with Crippen LogP contribution in [0.2, 0.25) is 0 Å². The van der Waals surface area contributed by atoms with Gasteiger partial charge in [0.2, 0.25) is 11.7 Å². The van der Waals surface area contributed by atoms with E-state index in [0.29, 0.717) is 17.9 Å². The quantitative estimate of drug-likeness (QED) is 0.330. The highest BCUT2D eigenvalue weighted by Gasteiger charge is 2.18. The number of rotatable bonds is 6. The van der Waals surface area contributed by atoms with Gasteiger partial charge in [0.25, 0.3) is 5.91 Å². The number of hydrogen-bond donors (Lipinski definition) is 1. The number of aromatic hydroxyl groups is 1. The Labute approximate surface area is 201 Å². The molecule has 3 aromatic carbocycles. The normalized spacial score (nSPS) is 11.6. The van der Waals surface area contributed by atoms with E-state index in [-0.39, 0.29) is 17.6 Å². The average Bonchev–Trinajstić information content (AvgIpc) is 3.45. The first-order chi connectivity index (χ1) is 17.0. The molecule has 0 aliphatic rings. The summed E-state index contributed by atoms with van der Waals surface area (Å²) >= 11 is 0. The number of fused-ring (bicyclic) bond motifs is 1. The maximum Gasteiger partial charge on any atom is 0.295 e. The molecule has 0 atom stereocenters.